The van der Waals surface area contributed by atoms with Crippen molar-refractivity contribution in [2.45, 2.75) is 36.9 Å². The fourth-order valence-corrected chi connectivity index (χ4v) is 3.36. The van der Waals surface area contributed by atoms with Gasteiger partial charge in [-0.1, -0.05) is 30.2 Å². The van der Waals surface area contributed by atoms with Crippen LogP contribution in [-0.2, 0) is 11.2 Å². The summed E-state index contributed by atoms with van der Waals surface area (Å²) < 4.78 is 5.61. The maximum Gasteiger partial charge on any atom is 0.113 e. The fraction of sp³-hybridized carbons (Fsp3) is 0.318. The van der Waals surface area contributed by atoms with Crippen molar-refractivity contribution < 1.29 is 25.2 Å². The van der Waals surface area contributed by atoms with Crippen LogP contribution < -0.4 is 0 Å². The van der Waals surface area contributed by atoms with Crippen LogP contribution in [0.15, 0.2) is 42.5 Å². The summed E-state index contributed by atoms with van der Waals surface area (Å²) in [6, 6.07) is 14.6. The summed E-state index contributed by atoms with van der Waals surface area (Å²) in [5, 5.41) is 49.1. The zero-order valence-corrected chi connectivity index (χ0v) is 15.1. The lowest BCUT2D eigenvalue weighted by Gasteiger charge is -2.40. The average Bonchev–Trinajstić information content (AvgIpc) is 2.73. The molecular formula is C22H21NO5. The van der Waals surface area contributed by atoms with E-state index in [1.165, 1.54) is 0 Å². The van der Waals surface area contributed by atoms with Gasteiger partial charge in [-0.2, -0.15) is 5.26 Å². The summed E-state index contributed by atoms with van der Waals surface area (Å²) in [4.78, 5) is 0. The number of nitrogens with zero attached hydrogens (tertiary/aromatic N) is 1. The van der Waals surface area contributed by atoms with E-state index in [0.717, 1.165) is 16.7 Å². The van der Waals surface area contributed by atoms with Crippen LogP contribution in [0.5, 0.6) is 0 Å². The molecule has 1 saturated heterocycles. The first-order chi connectivity index (χ1) is 13.5. The number of hydrogen-bond donors (Lipinski definition) is 4. The zero-order chi connectivity index (χ0) is 20.3. The molecule has 1 aliphatic rings. The Kier molecular flexibility index (Phi) is 6.11. The van der Waals surface area contributed by atoms with Crippen molar-refractivity contribution in [3.05, 3.63) is 70.3 Å². The van der Waals surface area contributed by atoms with Gasteiger partial charge in [-0.25, -0.2) is 0 Å². The Morgan fingerprint density at radius 2 is 1.71 bits per heavy atom. The Labute approximate surface area is 163 Å². The van der Waals surface area contributed by atoms with E-state index < -0.39 is 37.1 Å². The summed E-state index contributed by atoms with van der Waals surface area (Å²) in [6.07, 6.45) is -0.317. The van der Waals surface area contributed by atoms with Gasteiger partial charge in [0.05, 0.1) is 18.2 Å². The first-order valence-corrected chi connectivity index (χ1v) is 8.87. The Hall–Kier alpha value is -2.71. The number of aliphatic hydroxyl groups excluding tert-OH is 4. The van der Waals surface area contributed by atoms with E-state index >= 15 is 0 Å². The molecule has 2 aromatic carbocycles. The maximum absolute atomic E-state index is 10.3. The quantitative estimate of drug-likeness (QED) is 0.580. The van der Waals surface area contributed by atoms with Crippen molar-refractivity contribution in [3.8, 4) is 18.4 Å². The van der Waals surface area contributed by atoms with Gasteiger partial charge in [0.1, 0.15) is 30.5 Å². The number of hydrogen-bond acceptors (Lipinski definition) is 6. The Morgan fingerprint density at radius 1 is 1.00 bits per heavy atom. The third kappa shape index (κ3) is 3.93. The van der Waals surface area contributed by atoms with Crippen LogP contribution in [0.1, 0.15) is 33.9 Å². The maximum atomic E-state index is 10.3. The van der Waals surface area contributed by atoms with Gasteiger partial charge < -0.3 is 25.2 Å². The van der Waals surface area contributed by atoms with Crippen LogP contribution in [0.4, 0.5) is 0 Å². The van der Waals surface area contributed by atoms with Gasteiger partial charge in [0.2, 0.25) is 0 Å². The number of benzene rings is 2. The molecule has 0 spiro atoms. The van der Waals surface area contributed by atoms with Gasteiger partial charge in [0.15, 0.2) is 0 Å². The van der Waals surface area contributed by atoms with E-state index in [4.69, 9.17) is 11.2 Å². The molecule has 3 rings (SSSR count). The summed E-state index contributed by atoms with van der Waals surface area (Å²) in [5.74, 6) is 2.55. The highest BCUT2D eigenvalue weighted by Crippen LogP contribution is 2.33. The van der Waals surface area contributed by atoms with Gasteiger partial charge in [0, 0.05) is 5.56 Å². The van der Waals surface area contributed by atoms with E-state index in [9.17, 15) is 25.7 Å². The molecule has 2 aromatic rings. The number of ether oxygens (including phenoxy) is 1. The lowest BCUT2D eigenvalue weighted by molar-refractivity contribution is -0.231. The molecule has 0 radical (unpaired) electrons. The molecule has 1 aliphatic heterocycles. The van der Waals surface area contributed by atoms with Crippen LogP contribution in [0.25, 0.3) is 0 Å². The monoisotopic (exact) mass is 379 g/mol. The molecule has 4 N–H and O–H groups in total. The van der Waals surface area contributed by atoms with E-state index in [-0.39, 0.29) is 0 Å². The van der Waals surface area contributed by atoms with Crippen molar-refractivity contribution >= 4 is 0 Å². The minimum Gasteiger partial charge on any atom is -0.394 e. The van der Waals surface area contributed by atoms with Gasteiger partial charge in [0.25, 0.3) is 0 Å². The third-order valence-electron chi connectivity index (χ3n) is 4.99. The molecule has 0 aliphatic carbocycles. The summed E-state index contributed by atoms with van der Waals surface area (Å²) >= 11 is 0. The van der Waals surface area contributed by atoms with E-state index in [2.05, 4.69) is 12.0 Å². The average molecular weight is 379 g/mol. The van der Waals surface area contributed by atoms with Crippen LogP contribution >= 0.6 is 0 Å². The molecule has 0 bridgehead atoms. The van der Waals surface area contributed by atoms with E-state index in [0.29, 0.717) is 17.5 Å². The van der Waals surface area contributed by atoms with Crippen molar-refractivity contribution in [1.82, 2.24) is 0 Å². The fourth-order valence-electron chi connectivity index (χ4n) is 3.36. The highest BCUT2D eigenvalue weighted by Gasteiger charge is 2.44. The van der Waals surface area contributed by atoms with Crippen molar-refractivity contribution in [3.63, 3.8) is 0 Å². The van der Waals surface area contributed by atoms with Gasteiger partial charge in [-0.05, 0) is 41.3 Å². The molecule has 0 saturated carbocycles. The second kappa shape index (κ2) is 8.53. The molecular weight excluding hydrogens is 358 g/mol. The summed E-state index contributed by atoms with van der Waals surface area (Å²) in [6.45, 7) is -0.494. The predicted octanol–water partition coefficient (Wildman–Crippen LogP) is 0.645. The normalized spacial score (nSPS) is 27.0. The van der Waals surface area contributed by atoms with Crippen molar-refractivity contribution in [1.29, 1.82) is 5.26 Å². The molecule has 144 valence electrons. The molecule has 1 heterocycles. The summed E-state index contributed by atoms with van der Waals surface area (Å²) in [5.41, 5.74) is 3.48. The van der Waals surface area contributed by atoms with Gasteiger partial charge >= 0.3 is 0 Å². The van der Waals surface area contributed by atoms with Crippen LogP contribution in [0.2, 0.25) is 0 Å². The molecule has 1 fully saturated rings. The van der Waals surface area contributed by atoms with Crippen molar-refractivity contribution in [2.24, 2.45) is 0 Å². The topological polar surface area (TPSA) is 114 Å². The molecule has 5 atom stereocenters. The Morgan fingerprint density at radius 3 is 2.32 bits per heavy atom. The van der Waals surface area contributed by atoms with Crippen LogP contribution in [0.3, 0.4) is 0 Å². The lowest BCUT2D eigenvalue weighted by Crippen LogP contribution is -2.55. The SMILES string of the molecule is C#Cc1ccc(Cc2cc([C@@H]3O[C@H](CO)[C@@H](O)[C@H](O)[C@H]3O)ccc2C#N)cc1. The zero-order valence-electron chi connectivity index (χ0n) is 15.1. The number of rotatable bonds is 4. The van der Waals surface area contributed by atoms with Gasteiger partial charge in [-0.3, -0.25) is 0 Å². The number of nitriles is 1. The molecule has 0 aromatic heterocycles. The summed E-state index contributed by atoms with van der Waals surface area (Å²) in [7, 11) is 0. The minimum atomic E-state index is -1.45. The molecule has 6 heteroatoms. The van der Waals surface area contributed by atoms with Gasteiger partial charge in [-0.15, -0.1) is 6.42 Å². The molecule has 28 heavy (non-hydrogen) atoms. The standard InChI is InChI=1S/C22H21NO5/c1-2-13-3-5-14(6-4-13)9-17-10-15(7-8-16(17)11-23)22-21(27)20(26)19(25)18(12-24)28-22/h1,3-8,10,18-22,24-27H,9,12H2/t18-,19-,20+,21-,22+/m1/s1. The van der Waals surface area contributed by atoms with Crippen LogP contribution in [-0.4, -0.2) is 51.4 Å². The second-order valence-corrected chi connectivity index (χ2v) is 6.80. The Balaban J connectivity index is 1.92. The molecule has 0 amide bonds. The highest BCUT2D eigenvalue weighted by molar-refractivity contribution is 5.45. The largest absolute Gasteiger partial charge is 0.394 e. The van der Waals surface area contributed by atoms with Crippen LogP contribution in [0, 0.1) is 23.7 Å². The highest BCUT2D eigenvalue weighted by atomic mass is 16.5. The first-order valence-electron chi connectivity index (χ1n) is 8.87. The predicted molar refractivity (Wildman–Crippen MR) is 101 cm³/mol. The Bertz CT molecular complexity index is 910. The lowest BCUT2D eigenvalue weighted by atomic mass is 9.89. The number of terminal acetylenes is 1. The first kappa shape index (κ1) is 20.0. The third-order valence-corrected chi connectivity index (χ3v) is 4.99. The molecule has 6 nitrogen and oxygen atoms in total. The van der Waals surface area contributed by atoms with E-state index in [1.807, 2.05) is 24.3 Å². The smallest absolute Gasteiger partial charge is 0.113 e. The number of aliphatic hydroxyl groups is 4. The molecule has 0 unspecified atom stereocenters. The van der Waals surface area contributed by atoms with Crippen molar-refractivity contribution in [2.75, 3.05) is 6.61 Å². The minimum absolute atomic E-state index is 0.471. The van der Waals surface area contributed by atoms with E-state index in [1.54, 1.807) is 18.2 Å². The second-order valence-electron chi connectivity index (χ2n) is 6.80.